The lowest BCUT2D eigenvalue weighted by Gasteiger charge is -2.26. The Morgan fingerprint density at radius 3 is 1.89 bits per heavy atom. The molecule has 1 aromatic carbocycles. The Bertz CT molecular complexity index is 890. The number of nitrogens with two attached hydrogens (primary N) is 2. The smallest absolute Gasteiger partial charge is 0.326 e. The molecule has 11 nitrogen and oxygen atoms in total. The van der Waals surface area contributed by atoms with Crippen LogP contribution < -0.4 is 27.4 Å². The standard InChI is InChI=1S/C26H43N5O6/c1-15(2)13-20(23(33)29-19(26(36)37)7-5-6-12-27)30-24(34)21(31-25(35)22(28)16(3)4)14-17-8-10-18(32)11-9-17/h8-11,15-16,19-22,32H,5-7,12-14,27-28H2,1-4H3,(H,29,33)(H,30,34)(H,31,35)(H,36,37). The number of carboxylic acid groups (broad SMARTS) is 1. The molecule has 0 saturated carbocycles. The molecule has 1 rings (SSSR count). The molecule has 0 aliphatic heterocycles. The van der Waals surface area contributed by atoms with Gasteiger partial charge in [0.25, 0.3) is 0 Å². The summed E-state index contributed by atoms with van der Waals surface area (Å²) in [4.78, 5) is 50.7. The van der Waals surface area contributed by atoms with Crippen molar-refractivity contribution in [3.63, 3.8) is 0 Å². The van der Waals surface area contributed by atoms with E-state index < -0.39 is 47.9 Å². The maximum Gasteiger partial charge on any atom is 0.326 e. The fourth-order valence-electron chi connectivity index (χ4n) is 3.65. The van der Waals surface area contributed by atoms with Crippen LogP contribution in [0.3, 0.4) is 0 Å². The van der Waals surface area contributed by atoms with Gasteiger partial charge in [0.15, 0.2) is 0 Å². The average molecular weight is 522 g/mol. The van der Waals surface area contributed by atoms with Gasteiger partial charge in [0, 0.05) is 6.42 Å². The third-order valence-corrected chi connectivity index (χ3v) is 5.93. The zero-order chi connectivity index (χ0) is 28.1. The van der Waals surface area contributed by atoms with Crippen LogP contribution in [0.15, 0.2) is 24.3 Å². The fraction of sp³-hybridized carbons (Fsp3) is 0.615. The number of hydrogen-bond acceptors (Lipinski definition) is 7. The molecule has 11 heteroatoms. The third kappa shape index (κ3) is 11.6. The second-order valence-corrected chi connectivity index (χ2v) is 10.1. The molecule has 0 aliphatic carbocycles. The predicted octanol–water partition coefficient (Wildman–Crippen LogP) is 0.632. The van der Waals surface area contributed by atoms with Gasteiger partial charge in [-0.1, -0.05) is 39.8 Å². The Morgan fingerprint density at radius 1 is 0.838 bits per heavy atom. The molecule has 1 aromatic rings. The molecule has 0 fully saturated rings. The molecule has 0 aliphatic rings. The molecule has 0 heterocycles. The van der Waals surface area contributed by atoms with E-state index in [0.29, 0.717) is 24.9 Å². The lowest BCUT2D eigenvalue weighted by atomic mass is 9.99. The zero-order valence-electron chi connectivity index (χ0n) is 22.2. The molecular formula is C26H43N5O6. The van der Waals surface area contributed by atoms with E-state index in [1.165, 1.54) is 12.1 Å². The largest absolute Gasteiger partial charge is 0.508 e. The first-order chi connectivity index (χ1) is 17.3. The second kappa shape index (κ2) is 15.8. The highest BCUT2D eigenvalue weighted by Crippen LogP contribution is 2.13. The number of carboxylic acids is 1. The summed E-state index contributed by atoms with van der Waals surface area (Å²) in [6, 6.07) is 2.18. The Balaban J connectivity index is 3.10. The summed E-state index contributed by atoms with van der Waals surface area (Å²) < 4.78 is 0. The fourth-order valence-corrected chi connectivity index (χ4v) is 3.65. The van der Waals surface area contributed by atoms with Gasteiger partial charge in [-0.25, -0.2) is 4.79 Å². The van der Waals surface area contributed by atoms with Gasteiger partial charge in [-0.3, -0.25) is 14.4 Å². The van der Waals surface area contributed by atoms with Crippen molar-refractivity contribution >= 4 is 23.7 Å². The quantitative estimate of drug-likeness (QED) is 0.154. The number of benzene rings is 1. The van der Waals surface area contributed by atoms with Crippen molar-refractivity contribution in [3.05, 3.63) is 29.8 Å². The average Bonchev–Trinajstić information content (AvgIpc) is 2.82. The Labute approximate surface area is 218 Å². The van der Waals surface area contributed by atoms with Crippen LogP contribution in [0.2, 0.25) is 0 Å². The molecule has 4 atom stereocenters. The van der Waals surface area contributed by atoms with Gasteiger partial charge in [-0.15, -0.1) is 0 Å². The molecule has 4 unspecified atom stereocenters. The van der Waals surface area contributed by atoms with Crippen LogP contribution in [0.4, 0.5) is 0 Å². The zero-order valence-corrected chi connectivity index (χ0v) is 22.2. The SMILES string of the molecule is CC(C)CC(NC(=O)C(Cc1ccc(O)cc1)NC(=O)C(N)C(C)C)C(=O)NC(CCCCN)C(=O)O. The molecule has 0 bridgehead atoms. The first kappa shape index (κ1) is 31.8. The monoisotopic (exact) mass is 521 g/mol. The van der Waals surface area contributed by atoms with Crippen LogP contribution in [0.5, 0.6) is 5.75 Å². The van der Waals surface area contributed by atoms with E-state index in [1.54, 1.807) is 26.0 Å². The lowest BCUT2D eigenvalue weighted by Crippen LogP contribution is -2.58. The molecule has 37 heavy (non-hydrogen) atoms. The number of amides is 3. The van der Waals surface area contributed by atoms with Gasteiger partial charge in [-0.2, -0.15) is 0 Å². The maximum atomic E-state index is 13.3. The summed E-state index contributed by atoms with van der Waals surface area (Å²) in [5.74, 6) is -2.99. The summed E-state index contributed by atoms with van der Waals surface area (Å²) in [6.07, 6.45) is 1.73. The predicted molar refractivity (Wildman–Crippen MR) is 140 cm³/mol. The number of aliphatic carboxylic acids is 1. The van der Waals surface area contributed by atoms with Crippen molar-refractivity contribution in [2.75, 3.05) is 6.54 Å². The van der Waals surface area contributed by atoms with E-state index >= 15 is 0 Å². The number of carbonyl (C=O) groups excluding carboxylic acids is 3. The number of aromatic hydroxyl groups is 1. The molecule has 208 valence electrons. The van der Waals surface area contributed by atoms with E-state index in [9.17, 15) is 29.4 Å². The molecule has 0 radical (unpaired) electrons. The van der Waals surface area contributed by atoms with Crippen molar-refractivity contribution < 1.29 is 29.4 Å². The van der Waals surface area contributed by atoms with Gasteiger partial charge in [-0.05, 0) is 61.8 Å². The number of phenolic OH excluding ortho intramolecular Hbond substituents is 1. The second-order valence-electron chi connectivity index (χ2n) is 10.1. The van der Waals surface area contributed by atoms with E-state index in [2.05, 4.69) is 16.0 Å². The number of unbranched alkanes of at least 4 members (excludes halogenated alkanes) is 1. The number of phenols is 1. The Kier molecular flexibility index (Phi) is 13.6. The number of nitrogens with one attached hydrogen (secondary N) is 3. The molecule has 0 spiro atoms. The van der Waals surface area contributed by atoms with Crippen molar-refractivity contribution in [2.45, 2.75) is 84.0 Å². The maximum absolute atomic E-state index is 13.3. The first-order valence-corrected chi connectivity index (χ1v) is 12.7. The van der Waals surface area contributed by atoms with Gasteiger partial charge >= 0.3 is 5.97 Å². The summed E-state index contributed by atoms with van der Waals surface area (Å²) in [7, 11) is 0. The van der Waals surface area contributed by atoms with Crippen LogP contribution >= 0.6 is 0 Å². The molecule has 0 saturated heterocycles. The minimum absolute atomic E-state index is 0.0103. The van der Waals surface area contributed by atoms with E-state index in [0.717, 1.165) is 0 Å². The van der Waals surface area contributed by atoms with E-state index in [-0.39, 0.29) is 36.8 Å². The van der Waals surface area contributed by atoms with Crippen molar-refractivity contribution in [2.24, 2.45) is 23.3 Å². The molecular weight excluding hydrogens is 478 g/mol. The van der Waals surface area contributed by atoms with Gasteiger partial charge in [0.05, 0.1) is 6.04 Å². The summed E-state index contributed by atoms with van der Waals surface area (Å²) >= 11 is 0. The van der Waals surface area contributed by atoms with Crippen LogP contribution in [-0.2, 0) is 25.6 Å². The van der Waals surface area contributed by atoms with Gasteiger partial charge in [0.1, 0.15) is 23.9 Å². The van der Waals surface area contributed by atoms with Crippen molar-refractivity contribution in [3.8, 4) is 5.75 Å². The summed E-state index contributed by atoms with van der Waals surface area (Å²) in [6.45, 7) is 7.74. The topological polar surface area (TPSA) is 197 Å². The highest BCUT2D eigenvalue weighted by molar-refractivity contribution is 5.94. The molecule has 0 aromatic heterocycles. The van der Waals surface area contributed by atoms with Gasteiger partial charge in [0.2, 0.25) is 17.7 Å². The highest BCUT2D eigenvalue weighted by atomic mass is 16.4. The van der Waals surface area contributed by atoms with Crippen molar-refractivity contribution in [1.82, 2.24) is 16.0 Å². The van der Waals surface area contributed by atoms with Gasteiger partial charge < -0.3 is 37.6 Å². The lowest BCUT2D eigenvalue weighted by molar-refractivity contribution is -0.142. The molecule has 3 amide bonds. The minimum atomic E-state index is -1.17. The van der Waals surface area contributed by atoms with E-state index in [1.807, 2.05) is 13.8 Å². The van der Waals surface area contributed by atoms with Crippen LogP contribution in [-0.4, -0.2) is 64.6 Å². The highest BCUT2D eigenvalue weighted by Gasteiger charge is 2.31. The Hall–Kier alpha value is -3.18. The summed E-state index contributed by atoms with van der Waals surface area (Å²) in [5, 5.41) is 27.0. The Morgan fingerprint density at radius 2 is 1.38 bits per heavy atom. The van der Waals surface area contributed by atoms with Crippen LogP contribution in [0.25, 0.3) is 0 Å². The number of rotatable bonds is 16. The summed E-state index contributed by atoms with van der Waals surface area (Å²) in [5.41, 5.74) is 12.1. The minimum Gasteiger partial charge on any atom is -0.508 e. The number of carbonyl (C=O) groups is 4. The van der Waals surface area contributed by atoms with Crippen LogP contribution in [0, 0.1) is 11.8 Å². The first-order valence-electron chi connectivity index (χ1n) is 12.7. The van der Waals surface area contributed by atoms with Crippen molar-refractivity contribution in [1.29, 1.82) is 0 Å². The normalized spacial score (nSPS) is 14.5. The van der Waals surface area contributed by atoms with Crippen LogP contribution in [0.1, 0.15) is 58.9 Å². The number of hydrogen-bond donors (Lipinski definition) is 7. The third-order valence-electron chi connectivity index (χ3n) is 5.93. The molecule has 9 N–H and O–H groups in total. The van der Waals surface area contributed by atoms with E-state index in [4.69, 9.17) is 11.5 Å².